The molecule has 0 atom stereocenters. The Morgan fingerprint density at radius 2 is 1.67 bits per heavy atom. The first-order chi connectivity index (χ1) is 8.54. The molecule has 0 bridgehead atoms. The summed E-state index contributed by atoms with van der Waals surface area (Å²) in [6.45, 7) is 4.10. The van der Waals surface area contributed by atoms with E-state index in [1.54, 1.807) is 6.08 Å². The number of carbonyl (C=O) groups is 2. The standard InChI is InChI=1S/2C7H12O2/c2*1-2-3-4-5-6-7(8)9/h5-6H,2-4H2,1H3,(H,8,9);3-4H,2,5-6H2,1H3,(H,8,9)/b;4-3-. The Labute approximate surface area is 109 Å². The lowest BCUT2D eigenvalue weighted by Gasteiger charge is -1.85. The summed E-state index contributed by atoms with van der Waals surface area (Å²) < 4.78 is 0. The Bertz CT molecular complexity index is 267. The van der Waals surface area contributed by atoms with Crippen LogP contribution < -0.4 is 0 Å². The summed E-state index contributed by atoms with van der Waals surface area (Å²) in [7, 11) is 0. The van der Waals surface area contributed by atoms with Gasteiger partial charge in [-0.2, -0.15) is 0 Å². The van der Waals surface area contributed by atoms with Gasteiger partial charge in [0.05, 0.1) is 0 Å². The van der Waals surface area contributed by atoms with Gasteiger partial charge in [0.1, 0.15) is 0 Å². The van der Waals surface area contributed by atoms with E-state index in [9.17, 15) is 9.59 Å². The van der Waals surface area contributed by atoms with Gasteiger partial charge in [-0.05, 0) is 19.3 Å². The molecule has 0 aliphatic rings. The maximum absolute atomic E-state index is 9.93. The summed E-state index contributed by atoms with van der Waals surface area (Å²) in [5, 5.41) is 16.3. The second kappa shape index (κ2) is 15.4. The Morgan fingerprint density at radius 1 is 1.00 bits per heavy atom. The Kier molecular flexibility index (Phi) is 16.1. The van der Waals surface area contributed by atoms with Crippen LogP contribution in [0.4, 0.5) is 0 Å². The van der Waals surface area contributed by atoms with Crippen molar-refractivity contribution in [3.05, 3.63) is 24.3 Å². The van der Waals surface area contributed by atoms with E-state index in [-0.39, 0.29) is 6.42 Å². The lowest BCUT2D eigenvalue weighted by atomic mass is 10.2. The highest BCUT2D eigenvalue weighted by atomic mass is 16.4. The molecule has 0 amide bonds. The van der Waals surface area contributed by atoms with Gasteiger partial charge in [0, 0.05) is 12.5 Å². The summed E-state index contributed by atoms with van der Waals surface area (Å²) in [5.41, 5.74) is 0. The third-order valence-corrected chi connectivity index (χ3v) is 1.91. The molecule has 0 saturated heterocycles. The number of rotatable bonds is 8. The zero-order chi connectivity index (χ0) is 14.2. The van der Waals surface area contributed by atoms with Crippen LogP contribution in [0.3, 0.4) is 0 Å². The highest BCUT2D eigenvalue weighted by molar-refractivity contribution is 5.79. The molecule has 0 unspecified atom stereocenters. The van der Waals surface area contributed by atoms with E-state index in [2.05, 4.69) is 6.92 Å². The van der Waals surface area contributed by atoms with Crippen molar-refractivity contribution in [1.82, 2.24) is 0 Å². The molecular weight excluding hydrogens is 232 g/mol. The number of hydrogen-bond donors (Lipinski definition) is 2. The molecule has 4 nitrogen and oxygen atoms in total. The number of hydrogen-bond acceptors (Lipinski definition) is 2. The molecule has 0 aromatic rings. The fourth-order valence-electron chi connectivity index (χ4n) is 0.997. The number of aliphatic carboxylic acids is 2. The van der Waals surface area contributed by atoms with Crippen LogP contribution in [0, 0.1) is 0 Å². The van der Waals surface area contributed by atoms with Crippen molar-refractivity contribution in [3.63, 3.8) is 0 Å². The molecular formula is C14H24O4. The Hall–Kier alpha value is -1.58. The van der Waals surface area contributed by atoms with Crippen LogP contribution in [-0.2, 0) is 9.59 Å². The minimum atomic E-state index is -0.855. The largest absolute Gasteiger partial charge is 0.481 e. The summed E-state index contributed by atoms with van der Waals surface area (Å²) in [6, 6.07) is 0. The van der Waals surface area contributed by atoms with Gasteiger partial charge in [0.2, 0.25) is 0 Å². The SMILES string of the molecule is CC/C=C\CCC(=O)O.CCCCC=CC(=O)O. The Balaban J connectivity index is 0. The van der Waals surface area contributed by atoms with E-state index in [0.29, 0.717) is 6.42 Å². The van der Waals surface area contributed by atoms with Crippen molar-refractivity contribution >= 4 is 11.9 Å². The lowest BCUT2D eigenvalue weighted by molar-refractivity contribution is -0.137. The van der Waals surface area contributed by atoms with Crippen LogP contribution in [0.1, 0.15) is 52.4 Å². The van der Waals surface area contributed by atoms with Crippen LogP contribution >= 0.6 is 0 Å². The molecule has 0 aromatic carbocycles. The van der Waals surface area contributed by atoms with E-state index in [0.717, 1.165) is 25.7 Å². The van der Waals surface area contributed by atoms with Crippen molar-refractivity contribution in [1.29, 1.82) is 0 Å². The van der Waals surface area contributed by atoms with Crippen LogP contribution in [0.2, 0.25) is 0 Å². The van der Waals surface area contributed by atoms with Gasteiger partial charge in [-0.15, -0.1) is 0 Å². The van der Waals surface area contributed by atoms with Crippen molar-refractivity contribution in [2.75, 3.05) is 0 Å². The van der Waals surface area contributed by atoms with Crippen molar-refractivity contribution < 1.29 is 19.8 Å². The van der Waals surface area contributed by atoms with Gasteiger partial charge in [0.25, 0.3) is 0 Å². The molecule has 0 aliphatic carbocycles. The average molecular weight is 256 g/mol. The molecule has 0 aliphatic heterocycles. The first kappa shape index (κ1) is 18.8. The summed E-state index contributed by atoms with van der Waals surface area (Å²) in [4.78, 5) is 19.8. The normalized spacial score (nSPS) is 10.3. The quantitative estimate of drug-likeness (QED) is 0.395. The van der Waals surface area contributed by atoms with Gasteiger partial charge in [-0.1, -0.05) is 44.9 Å². The van der Waals surface area contributed by atoms with Crippen LogP contribution in [0.5, 0.6) is 0 Å². The van der Waals surface area contributed by atoms with Crippen LogP contribution in [0.25, 0.3) is 0 Å². The maximum atomic E-state index is 9.93. The summed E-state index contributed by atoms with van der Waals surface area (Å²) in [5.74, 6) is -1.58. The predicted molar refractivity (Wildman–Crippen MR) is 72.6 cm³/mol. The zero-order valence-electron chi connectivity index (χ0n) is 11.3. The molecule has 0 saturated carbocycles. The molecule has 104 valence electrons. The molecule has 0 radical (unpaired) electrons. The van der Waals surface area contributed by atoms with Crippen LogP contribution in [-0.4, -0.2) is 22.2 Å². The van der Waals surface area contributed by atoms with Gasteiger partial charge in [0.15, 0.2) is 0 Å². The van der Waals surface area contributed by atoms with Gasteiger partial charge >= 0.3 is 11.9 Å². The van der Waals surface area contributed by atoms with Crippen molar-refractivity contribution in [2.45, 2.75) is 52.4 Å². The second-order valence-corrected chi connectivity index (χ2v) is 3.69. The molecule has 0 spiro atoms. The molecule has 0 fully saturated rings. The third kappa shape index (κ3) is 23.9. The average Bonchev–Trinajstić information content (AvgIpc) is 2.31. The number of carboxylic acid groups (broad SMARTS) is 2. The number of unbranched alkanes of at least 4 members (excludes halogenated alkanes) is 2. The molecule has 0 rings (SSSR count). The molecule has 0 aromatic heterocycles. The zero-order valence-corrected chi connectivity index (χ0v) is 11.3. The maximum Gasteiger partial charge on any atom is 0.327 e. The highest BCUT2D eigenvalue weighted by Crippen LogP contribution is 1.94. The minimum absolute atomic E-state index is 0.247. The number of carboxylic acids is 2. The lowest BCUT2D eigenvalue weighted by Crippen LogP contribution is -1.91. The first-order valence-corrected chi connectivity index (χ1v) is 6.30. The van der Waals surface area contributed by atoms with Gasteiger partial charge < -0.3 is 10.2 Å². The summed E-state index contributed by atoms with van der Waals surface area (Å²) in [6.07, 6.45) is 11.7. The van der Waals surface area contributed by atoms with Crippen LogP contribution in [0.15, 0.2) is 24.3 Å². The molecule has 2 N–H and O–H groups in total. The molecule has 18 heavy (non-hydrogen) atoms. The monoisotopic (exact) mass is 256 g/mol. The number of allylic oxidation sites excluding steroid dienone is 3. The van der Waals surface area contributed by atoms with E-state index < -0.39 is 11.9 Å². The smallest absolute Gasteiger partial charge is 0.327 e. The summed E-state index contributed by atoms with van der Waals surface area (Å²) >= 11 is 0. The first-order valence-electron chi connectivity index (χ1n) is 6.30. The molecule has 0 heterocycles. The highest BCUT2D eigenvalue weighted by Gasteiger charge is 1.90. The van der Waals surface area contributed by atoms with E-state index in [1.165, 1.54) is 6.08 Å². The van der Waals surface area contributed by atoms with E-state index in [1.807, 2.05) is 19.1 Å². The third-order valence-electron chi connectivity index (χ3n) is 1.91. The topological polar surface area (TPSA) is 74.6 Å². The van der Waals surface area contributed by atoms with E-state index in [4.69, 9.17) is 10.2 Å². The van der Waals surface area contributed by atoms with Crippen molar-refractivity contribution in [2.24, 2.45) is 0 Å². The predicted octanol–water partition coefficient (Wildman–Crippen LogP) is 3.63. The van der Waals surface area contributed by atoms with Crippen molar-refractivity contribution in [3.8, 4) is 0 Å². The fourth-order valence-corrected chi connectivity index (χ4v) is 0.997. The Morgan fingerprint density at radius 3 is 2.11 bits per heavy atom. The second-order valence-electron chi connectivity index (χ2n) is 3.69. The fraction of sp³-hybridized carbons (Fsp3) is 0.571. The minimum Gasteiger partial charge on any atom is -0.481 e. The molecule has 4 heteroatoms. The van der Waals surface area contributed by atoms with Gasteiger partial charge in [-0.3, -0.25) is 4.79 Å². The van der Waals surface area contributed by atoms with Gasteiger partial charge in [-0.25, -0.2) is 4.79 Å². The van der Waals surface area contributed by atoms with E-state index >= 15 is 0 Å².